The second-order valence-corrected chi connectivity index (χ2v) is 7.53. The molecule has 2 aromatic carbocycles. The number of amides is 1. The quantitative estimate of drug-likeness (QED) is 0.723. The van der Waals surface area contributed by atoms with Crippen LogP contribution in [0.25, 0.3) is 11.3 Å². The van der Waals surface area contributed by atoms with Gasteiger partial charge < -0.3 is 19.5 Å². The minimum Gasteiger partial charge on any atom is -0.487 e. The molecule has 6 heteroatoms. The van der Waals surface area contributed by atoms with Gasteiger partial charge in [-0.25, -0.2) is 0 Å². The van der Waals surface area contributed by atoms with Crippen molar-refractivity contribution in [3.8, 4) is 28.5 Å². The van der Waals surface area contributed by atoms with Crippen molar-refractivity contribution in [1.82, 2.24) is 10.3 Å². The smallest absolute Gasteiger partial charge is 0.251 e. The van der Waals surface area contributed by atoms with Crippen LogP contribution in [0.3, 0.4) is 0 Å². The number of ether oxygens (including phenoxy) is 3. The number of para-hydroxylation sites is 1. The fraction of sp³-hybridized carbons (Fsp3) is 0.250. The maximum Gasteiger partial charge on any atom is 0.251 e. The van der Waals surface area contributed by atoms with Crippen molar-refractivity contribution in [3.05, 3.63) is 71.4 Å². The van der Waals surface area contributed by atoms with Crippen LogP contribution in [0.2, 0.25) is 0 Å². The largest absolute Gasteiger partial charge is 0.487 e. The van der Waals surface area contributed by atoms with E-state index in [0.29, 0.717) is 36.8 Å². The van der Waals surface area contributed by atoms with Crippen molar-refractivity contribution >= 4 is 5.91 Å². The van der Waals surface area contributed by atoms with Gasteiger partial charge in [0, 0.05) is 23.7 Å². The highest BCUT2D eigenvalue weighted by atomic mass is 16.6. The number of hydrogen-bond donors (Lipinski definition) is 1. The van der Waals surface area contributed by atoms with Gasteiger partial charge in [-0.2, -0.15) is 0 Å². The summed E-state index contributed by atoms with van der Waals surface area (Å²) < 4.78 is 17.3. The fourth-order valence-corrected chi connectivity index (χ4v) is 3.77. The van der Waals surface area contributed by atoms with Crippen LogP contribution < -0.4 is 19.5 Å². The lowest BCUT2D eigenvalue weighted by atomic mass is 10.0. The Bertz CT molecular complexity index is 1090. The minimum absolute atomic E-state index is 0.118. The molecule has 5 rings (SSSR count). The maximum atomic E-state index is 12.6. The highest BCUT2D eigenvalue weighted by Crippen LogP contribution is 2.38. The zero-order valence-corrected chi connectivity index (χ0v) is 16.7. The number of nitrogens with zero attached hydrogens (tertiary/aromatic N) is 1. The Morgan fingerprint density at radius 1 is 1.10 bits per heavy atom. The van der Waals surface area contributed by atoms with E-state index in [1.807, 2.05) is 37.4 Å². The Balaban J connectivity index is 1.26. The summed E-state index contributed by atoms with van der Waals surface area (Å²) in [5.74, 6) is 1.97. The minimum atomic E-state index is -0.160. The van der Waals surface area contributed by atoms with Gasteiger partial charge in [0.2, 0.25) is 0 Å². The molecule has 3 aromatic rings. The van der Waals surface area contributed by atoms with Crippen LogP contribution in [0.15, 0.2) is 54.7 Å². The average molecular weight is 402 g/mol. The van der Waals surface area contributed by atoms with Gasteiger partial charge in [-0.15, -0.1) is 0 Å². The number of aromatic nitrogens is 1. The van der Waals surface area contributed by atoms with Crippen molar-refractivity contribution < 1.29 is 19.0 Å². The van der Waals surface area contributed by atoms with E-state index >= 15 is 0 Å². The molecular weight excluding hydrogens is 380 g/mol. The third-order valence-electron chi connectivity index (χ3n) is 5.31. The van der Waals surface area contributed by atoms with Gasteiger partial charge in [-0.05, 0) is 48.4 Å². The SMILES string of the molecule is Cc1ccc(-c2cccc3c2O[C@H](CNC(=O)c2ccc4c(c2)OCCO4)C3)nc1. The Hall–Kier alpha value is -3.54. The Labute approximate surface area is 174 Å². The molecule has 1 N–H and O–H groups in total. The number of carbonyl (C=O) groups is 1. The molecule has 0 spiro atoms. The summed E-state index contributed by atoms with van der Waals surface area (Å²) in [6.45, 7) is 3.45. The molecule has 1 atom stereocenters. The predicted octanol–water partition coefficient (Wildman–Crippen LogP) is 3.56. The van der Waals surface area contributed by atoms with Crippen LogP contribution in [0.1, 0.15) is 21.5 Å². The summed E-state index contributed by atoms with van der Waals surface area (Å²) in [4.78, 5) is 17.1. The number of carbonyl (C=O) groups excluding carboxylic acids is 1. The lowest BCUT2D eigenvalue weighted by Crippen LogP contribution is -2.34. The molecule has 2 aliphatic rings. The normalized spacial score (nSPS) is 16.5. The van der Waals surface area contributed by atoms with Crippen LogP contribution in [-0.4, -0.2) is 36.8 Å². The molecule has 1 aromatic heterocycles. The standard InChI is InChI=1S/C24H22N2O4/c1-15-5-7-20(25-13-15)19-4-2-3-16-11-18(30-23(16)19)14-26-24(27)17-6-8-21-22(12-17)29-10-9-28-21/h2-8,12-13,18H,9-11,14H2,1H3,(H,26,27)/t18-/m0/s1. The topological polar surface area (TPSA) is 69.7 Å². The zero-order valence-electron chi connectivity index (χ0n) is 16.7. The number of hydrogen-bond acceptors (Lipinski definition) is 5. The molecule has 0 fully saturated rings. The van der Waals surface area contributed by atoms with Crippen molar-refractivity contribution in [1.29, 1.82) is 0 Å². The van der Waals surface area contributed by atoms with Crippen LogP contribution in [-0.2, 0) is 6.42 Å². The zero-order chi connectivity index (χ0) is 20.5. The van der Waals surface area contributed by atoms with E-state index in [2.05, 4.69) is 16.4 Å². The maximum absolute atomic E-state index is 12.6. The molecule has 0 aliphatic carbocycles. The summed E-state index contributed by atoms with van der Waals surface area (Å²) in [5.41, 5.74) is 4.66. The van der Waals surface area contributed by atoms with Gasteiger partial charge in [0.25, 0.3) is 5.91 Å². The third kappa shape index (κ3) is 3.56. The van der Waals surface area contributed by atoms with Gasteiger partial charge in [0.15, 0.2) is 11.5 Å². The summed E-state index contributed by atoms with van der Waals surface area (Å²) in [6.07, 6.45) is 2.48. The first-order chi connectivity index (χ1) is 14.7. The molecule has 2 aliphatic heterocycles. The van der Waals surface area contributed by atoms with Gasteiger partial charge in [-0.1, -0.05) is 18.2 Å². The number of aryl methyl sites for hydroxylation is 1. The van der Waals surface area contributed by atoms with Crippen molar-refractivity contribution in [2.24, 2.45) is 0 Å². The Morgan fingerprint density at radius 2 is 1.97 bits per heavy atom. The first-order valence-corrected chi connectivity index (χ1v) is 10.1. The number of pyridine rings is 1. The summed E-state index contributed by atoms with van der Waals surface area (Å²) in [7, 11) is 0. The lowest BCUT2D eigenvalue weighted by molar-refractivity contribution is 0.0932. The first kappa shape index (κ1) is 18.5. The van der Waals surface area contributed by atoms with E-state index in [-0.39, 0.29) is 12.0 Å². The summed E-state index contributed by atoms with van der Waals surface area (Å²) in [5, 5.41) is 2.97. The lowest BCUT2D eigenvalue weighted by Gasteiger charge is -2.19. The van der Waals surface area contributed by atoms with Crippen LogP contribution in [0.4, 0.5) is 0 Å². The number of fused-ring (bicyclic) bond motifs is 2. The summed E-state index contributed by atoms with van der Waals surface area (Å²) in [6, 6.07) is 15.4. The molecule has 0 unspecified atom stereocenters. The highest BCUT2D eigenvalue weighted by molar-refractivity contribution is 5.95. The van der Waals surface area contributed by atoms with E-state index in [4.69, 9.17) is 14.2 Å². The van der Waals surface area contributed by atoms with Crippen LogP contribution >= 0.6 is 0 Å². The van der Waals surface area contributed by atoms with Gasteiger partial charge in [0.1, 0.15) is 25.1 Å². The summed E-state index contributed by atoms with van der Waals surface area (Å²) >= 11 is 0. The van der Waals surface area contributed by atoms with Gasteiger partial charge in [0.05, 0.1) is 12.2 Å². The number of rotatable bonds is 4. The van der Waals surface area contributed by atoms with E-state index in [9.17, 15) is 4.79 Å². The Morgan fingerprint density at radius 3 is 2.80 bits per heavy atom. The average Bonchev–Trinajstić information content (AvgIpc) is 3.21. The third-order valence-corrected chi connectivity index (χ3v) is 5.31. The second kappa shape index (κ2) is 7.71. The van der Waals surface area contributed by atoms with Crippen LogP contribution in [0.5, 0.6) is 17.2 Å². The van der Waals surface area contributed by atoms with E-state index in [0.717, 1.165) is 34.6 Å². The highest BCUT2D eigenvalue weighted by Gasteiger charge is 2.26. The first-order valence-electron chi connectivity index (χ1n) is 10.1. The Kier molecular flexibility index (Phi) is 4.75. The molecule has 1 amide bonds. The molecule has 3 heterocycles. The van der Waals surface area contributed by atoms with Gasteiger partial charge >= 0.3 is 0 Å². The molecule has 30 heavy (non-hydrogen) atoms. The van der Waals surface area contributed by atoms with E-state index in [1.165, 1.54) is 0 Å². The number of nitrogens with one attached hydrogen (secondary N) is 1. The number of benzene rings is 2. The fourth-order valence-electron chi connectivity index (χ4n) is 3.77. The predicted molar refractivity (Wildman–Crippen MR) is 112 cm³/mol. The molecule has 152 valence electrons. The van der Waals surface area contributed by atoms with E-state index < -0.39 is 0 Å². The molecule has 0 saturated carbocycles. The monoisotopic (exact) mass is 402 g/mol. The van der Waals surface area contributed by atoms with Crippen molar-refractivity contribution in [2.45, 2.75) is 19.4 Å². The molecule has 0 radical (unpaired) electrons. The van der Waals surface area contributed by atoms with Crippen molar-refractivity contribution in [3.63, 3.8) is 0 Å². The van der Waals surface area contributed by atoms with Gasteiger partial charge in [-0.3, -0.25) is 9.78 Å². The van der Waals surface area contributed by atoms with E-state index in [1.54, 1.807) is 18.2 Å². The molecule has 0 saturated heterocycles. The van der Waals surface area contributed by atoms with Crippen LogP contribution in [0, 0.1) is 6.92 Å². The van der Waals surface area contributed by atoms with Crippen molar-refractivity contribution in [2.75, 3.05) is 19.8 Å². The second-order valence-electron chi connectivity index (χ2n) is 7.53. The molecule has 0 bridgehead atoms. The molecule has 6 nitrogen and oxygen atoms in total. The molecular formula is C24H22N2O4.